The normalized spacial score (nSPS) is 13.1. The molecule has 1 aromatic carbocycles. The fourth-order valence-corrected chi connectivity index (χ4v) is 1.30. The molecule has 1 unspecified atom stereocenters. The van der Waals surface area contributed by atoms with Gasteiger partial charge in [0.2, 0.25) is 5.89 Å². The van der Waals surface area contributed by atoms with Crippen molar-refractivity contribution in [3.63, 3.8) is 0 Å². The average Bonchev–Trinajstić information content (AvgIpc) is 2.60. The Hall–Kier alpha value is -1.55. The Morgan fingerprint density at radius 1 is 1.50 bits per heavy atom. The molecule has 4 nitrogen and oxygen atoms in total. The van der Waals surface area contributed by atoms with E-state index in [9.17, 15) is 0 Å². The van der Waals surface area contributed by atoms with Crippen molar-refractivity contribution in [2.45, 2.75) is 13.0 Å². The highest BCUT2D eigenvalue weighted by Gasteiger charge is 2.12. The molecular formula is C10H12N2O2. The Kier molecular flexibility index (Phi) is 2.13. The monoisotopic (exact) mass is 192 g/mol. The molecule has 0 saturated heterocycles. The van der Waals surface area contributed by atoms with Gasteiger partial charge in [-0.15, -0.1) is 0 Å². The van der Waals surface area contributed by atoms with E-state index in [0.717, 1.165) is 5.52 Å². The number of nitrogens with zero attached hydrogens (tertiary/aromatic N) is 1. The smallest absolute Gasteiger partial charge is 0.212 e. The second-order valence-electron chi connectivity index (χ2n) is 3.15. The van der Waals surface area contributed by atoms with E-state index in [-0.39, 0.29) is 6.04 Å². The van der Waals surface area contributed by atoms with Crippen LogP contribution in [-0.4, -0.2) is 12.1 Å². The molecule has 4 heteroatoms. The van der Waals surface area contributed by atoms with Crippen LogP contribution < -0.4 is 10.5 Å². The number of fused-ring (bicyclic) bond motifs is 1. The molecule has 0 bridgehead atoms. The first-order valence-electron chi connectivity index (χ1n) is 4.41. The van der Waals surface area contributed by atoms with E-state index in [2.05, 4.69) is 4.98 Å². The number of nitrogens with two attached hydrogens (primary N) is 1. The first-order valence-corrected chi connectivity index (χ1v) is 4.41. The molecule has 0 saturated carbocycles. The molecule has 1 aromatic heterocycles. The predicted octanol–water partition coefficient (Wildman–Crippen LogP) is 1.86. The molecule has 0 spiro atoms. The summed E-state index contributed by atoms with van der Waals surface area (Å²) in [6, 6.07) is 5.34. The highest BCUT2D eigenvalue weighted by molar-refractivity contribution is 5.79. The van der Waals surface area contributed by atoms with Crippen molar-refractivity contribution in [1.82, 2.24) is 4.98 Å². The number of rotatable bonds is 2. The summed E-state index contributed by atoms with van der Waals surface area (Å²) in [6.07, 6.45) is 0. The van der Waals surface area contributed by atoms with Crippen LogP contribution in [0.15, 0.2) is 22.6 Å². The van der Waals surface area contributed by atoms with Gasteiger partial charge in [-0.3, -0.25) is 0 Å². The molecule has 0 radical (unpaired) electrons. The fourth-order valence-electron chi connectivity index (χ4n) is 1.30. The number of para-hydroxylation sites is 1. The van der Waals surface area contributed by atoms with Crippen LogP contribution in [0.2, 0.25) is 0 Å². The van der Waals surface area contributed by atoms with Gasteiger partial charge in [-0.1, -0.05) is 6.07 Å². The molecule has 2 aromatic rings. The zero-order valence-electron chi connectivity index (χ0n) is 8.15. The lowest BCUT2D eigenvalue weighted by Crippen LogP contribution is -2.04. The number of methoxy groups -OCH3 is 1. The van der Waals surface area contributed by atoms with Crippen LogP contribution in [0.3, 0.4) is 0 Å². The van der Waals surface area contributed by atoms with Gasteiger partial charge in [0, 0.05) is 0 Å². The summed E-state index contributed by atoms with van der Waals surface area (Å²) in [6.45, 7) is 1.83. The summed E-state index contributed by atoms with van der Waals surface area (Å²) in [5.74, 6) is 1.24. The summed E-state index contributed by atoms with van der Waals surface area (Å²) in [5, 5.41) is 0. The maximum atomic E-state index is 5.67. The molecule has 0 aliphatic heterocycles. The molecule has 2 N–H and O–H groups in total. The fraction of sp³-hybridized carbons (Fsp3) is 0.300. The zero-order chi connectivity index (χ0) is 10.1. The second-order valence-corrected chi connectivity index (χ2v) is 3.15. The number of oxazole rings is 1. The lowest BCUT2D eigenvalue weighted by molar-refractivity contribution is 0.419. The van der Waals surface area contributed by atoms with Crippen molar-refractivity contribution in [1.29, 1.82) is 0 Å². The summed E-state index contributed by atoms with van der Waals surface area (Å²) in [4.78, 5) is 4.27. The molecule has 0 aliphatic rings. The number of benzene rings is 1. The summed E-state index contributed by atoms with van der Waals surface area (Å²) >= 11 is 0. The minimum Gasteiger partial charge on any atom is -0.494 e. The number of hydrogen-bond donors (Lipinski definition) is 1. The van der Waals surface area contributed by atoms with Crippen LogP contribution in [-0.2, 0) is 0 Å². The molecule has 0 amide bonds. The molecule has 1 atom stereocenters. The van der Waals surface area contributed by atoms with Crippen LogP contribution >= 0.6 is 0 Å². The van der Waals surface area contributed by atoms with Gasteiger partial charge < -0.3 is 14.9 Å². The molecule has 0 fully saturated rings. The quantitative estimate of drug-likeness (QED) is 0.788. The maximum absolute atomic E-state index is 5.67. The van der Waals surface area contributed by atoms with E-state index < -0.39 is 0 Å². The van der Waals surface area contributed by atoms with Crippen LogP contribution in [0.1, 0.15) is 18.9 Å². The van der Waals surface area contributed by atoms with Gasteiger partial charge in [0.15, 0.2) is 11.1 Å². The minimum atomic E-state index is -0.202. The van der Waals surface area contributed by atoms with Crippen molar-refractivity contribution in [2.24, 2.45) is 5.73 Å². The second kappa shape index (κ2) is 3.31. The van der Waals surface area contributed by atoms with E-state index in [4.69, 9.17) is 14.9 Å². The Labute approximate surface area is 81.7 Å². The first-order chi connectivity index (χ1) is 6.72. The number of ether oxygens (including phenoxy) is 1. The van der Waals surface area contributed by atoms with Gasteiger partial charge in [-0.25, -0.2) is 4.98 Å². The molecule has 1 heterocycles. The average molecular weight is 192 g/mol. The molecule has 2 rings (SSSR count). The molecule has 0 aliphatic carbocycles. The molecule has 14 heavy (non-hydrogen) atoms. The molecular weight excluding hydrogens is 180 g/mol. The van der Waals surface area contributed by atoms with Crippen LogP contribution in [0.5, 0.6) is 5.75 Å². The highest BCUT2D eigenvalue weighted by atomic mass is 16.5. The Balaban J connectivity index is 2.64. The van der Waals surface area contributed by atoms with Crippen LogP contribution in [0.25, 0.3) is 11.1 Å². The van der Waals surface area contributed by atoms with Gasteiger partial charge in [-0.2, -0.15) is 0 Å². The van der Waals surface area contributed by atoms with E-state index in [0.29, 0.717) is 17.2 Å². The van der Waals surface area contributed by atoms with Crippen molar-refractivity contribution in [3.05, 3.63) is 24.1 Å². The van der Waals surface area contributed by atoms with Gasteiger partial charge in [0.1, 0.15) is 5.75 Å². The molecule has 74 valence electrons. The van der Waals surface area contributed by atoms with Gasteiger partial charge in [-0.05, 0) is 19.1 Å². The van der Waals surface area contributed by atoms with E-state index in [1.807, 2.05) is 25.1 Å². The van der Waals surface area contributed by atoms with Crippen molar-refractivity contribution in [2.75, 3.05) is 7.11 Å². The summed E-state index contributed by atoms with van der Waals surface area (Å²) < 4.78 is 10.6. The Morgan fingerprint density at radius 2 is 2.29 bits per heavy atom. The lowest BCUT2D eigenvalue weighted by Gasteiger charge is -1.97. The van der Waals surface area contributed by atoms with Gasteiger partial charge in [0.05, 0.1) is 13.2 Å². The first kappa shape index (κ1) is 9.02. The van der Waals surface area contributed by atoms with Crippen LogP contribution in [0, 0.1) is 0 Å². The number of aromatic nitrogens is 1. The third-order valence-corrected chi connectivity index (χ3v) is 2.01. The predicted molar refractivity (Wildman–Crippen MR) is 53.2 cm³/mol. The van der Waals surface area contributed by atoms with Gasteiger partial charge >= 0.3 is 0 Å². The van der Waals surface area contributed by atoms with Crippen molar-refractivity contribution < 1.29 is 9.15 Å². The van der Waals surface area contributed by atoms with E-state index >= 15 is 0 Å². The Morgan fingerprint density at radius 3 is 2.93 bits per heavy atom. The maximum Gasteiger partial charge on any atom is 0.212 e. The lowest BCUT2D eigenvalue weighted by atomic mass is 10.3. The van der Waals surface area contributed by atoms with E-state index in [1.54, 1.807) is 7.11 Å². The largest absolute Gasteiger partial charge is 0.494 e. The van der Waals surface area contributed by atoms with Crippen molar-refractivity contribution in [3.8, 4) is 5.75 Å². The van der Waals surface area contributed by atoms with Crippen molar-refractivity contribution >= 4 is 11.1 Å². The highest BCUT2D eigenvalue weighted by Crippen LogP contribution is 2.26. The number of hydrogen-bond acceptors (Lipinski definition) is 4. The van der Waals surface area contributed by atoms with E-state index in [1.165, 1.54) is 0 Å². The standard InChI is InChI=1S/C10H12N2O2/c1-6(11)10-12-9-7(13-2)4-3-5-8(9)14-10/h3-6H,11H2,1-2H3. The topological polar surface area (TPSA) is 61.3 Å². The SMILES string of the molecule is COc1cccc2oc(C(C)N)nc12. The summed E-state index contributed by atoms with van der Waals surface area (Å²) in [5.41, 5.74) is 7.10. The third-order valence-electron chi connectivity index (χ3n) is 2.01. The Bertz CT molecular complexity index is 448. The zero-order valence-corrected chi connectivity index (χ0v) is 8.15. The summed E-state index contributed by atoms with van der Waals surface area (Å²) in [7, 11) is 1.61. The third kappa shape index (κ3) is 1.33. The van der Waals surface area contributed by atoms with Crippen LogP contribution in [0.4, 0.5) is 0 Å². The minimum absolute atomic E-state index is 0.202. The van der Waals surface area contributed by atoms with Gasteiger partial charge in [0.25, 0.3) is 0 Å².